The van der Waals surface area contributed by atoms with Gasteiger partial charge in [-0.2, -0.15) is 70.6 Å². The largest absolute Gasteiger partial charge is 1.00 e. The van der Waals surface area contributed by atoms with Gasteiger partial charge in [0.15, 0.2) is 37.7 Å². The van der Waals surface area contributed by atoms with Crippen LogP contribution in [0.3, 0.4) is 0 Å². The zero-order chi connectivity index (χ0) is 92.0. The number of carbonyl (C=O) groups is 12. The summed E-state index contributed by atoms with van der Waals surface area (Å²) in [6.07, 6.45) is -61.1. The van der Waals surface area contributed by atoms with Gasteiger partial charge in [0, 0.05) is 123 Å². The third kappa shape index (κ3) is 38.8. The fourth-order valence-electron chi connectivity index (χ4n) is 14.0. The number of nitrogens with one attached hydrogen (secondary N) is 6. The van der Waals surface area contributed by atoms with Crippen molar-refractivity contribution < 1.29 is 384 Å². The van der Waals surface area contributed by atoms with Crippen LogP contribution in [0.1, 0.15) is 60.8 Å². The Kier molecular flexibility index (Phi) is 62.4. The monoisotopic (exact) mass is 2030 g/mol. The molecule has 20 rings (SSSR count). The van der Waals surface area contributed by atoms with Crippen LogP contribution in [0.4, 0.5) is 0 Å². The molecule has 0 aromatic heterocycles. The molecule has 20 saturated heterocycles. The topological polar surface area (TPSA) is 769 Å². The van der Waals surface area contributed by atoms with Gasteiger partial charge in [-0.25, -0.2) is 0 Å². The van der Waals surface area contributed by atoms with Gasteiger partial charge in [-0.1, -0.05) is 6.42 Å². The number of hydrogen-bond acceptors (Lipinski definition) is 48. The number of carboxylic acid groups (broad SMARTS) is 6. The number of aliphatic hydroxyl groups excluding tert-OH is 12. The van der Waals surface area contributed by atoms with Gasteiger partial charge in [0.25, 0.3) is 0 Å². The Bertz CT molecular complexity index is 3590. The van der Waals surface area contributed by atoms with Crippen molar-refractivity contribution in [3.8, 4) is 0 Å². The zero-order valence-electron chi connectivity index (χ0n) is 73.2. The first-order chi connectivity index (χ1) is 58.4. The van der Waals surface area contributed by atoms with Crippen LogP contribution in [0, 0.1) is 5.92 Å². The first-order valence-corrected chi connectivity index (χ1v) is 45.6. The molecule has 0 aromatic carbocycles. The van der Waals surface area contributed by atoms with Crippen LogP contribution in [0.5, 0.6) is 0 Å². The molecule has 0 radical (unpaired) electrons. The third-order valence-electron chi connectivity index (χ3n) is 20.1. The molecule has 0 spiro atoms. The number of hydrogen-bond donors (Lipinski definition) is 18. The summed E-state index contributed by atoms with van der Waals surface area (Å²) in [6, 6.07) is -10.2. The molecule has 30 unspecified atom stereocenters. The molecule has 0 aromatic rings. The summed E-state index contributed by atoms with van der Waals surface area (Å²) in [5.74, 6) is -22.9. The number of amides is 6. The van der Waals surface area contributed by atoms with Gasteiger partial charge >= 0.3 is 177 Å². The van der Waals surface area contributed by atoms with Gasteiger partial charge in [0.2, 0.25) is 35.4 Å². The molecule has 48 nitrogen and oxygen atoms in total. The number of ether oxygens (including phenoxy) is 12. The molecular weight excluding hydrogens is 1930 g/mol. The minimum atomic E-state index is -2.47. The Hall–Kier alpha value is 0.780. The fraction of sp³-hybridized carbons (Fsp3) is 0.829. The average Bonchev–Trinajstić information content (AvgIpc) is 0.772. The van der Waals surface area contributed by atoms with Crippen molar-refractivity contribution in [3.05, 3.63) is 0 Å². The van der Waals surface area contributed by atoms with E-state index in [4.69, 9.17) is 56.8 Å². The molecule has 36 atom stereocenters. The van der Waals surface area contributed by atoms with Gasteiger partial charge in [0.1, 0.15) is 97.7 Å². The molecule has 0 aliphatic carbocycles. The number of aliphatic hydroxyl groups is 12. The van der Waals surface area contributed by atoms with Crippen LogP contribution in [0.25, 0.3) is 0 Å². The summed E-state index contributed by atoms with van der Waals surface area (Å²) in [5.41, 5.74) is 0. The van der Waals surface area contributed by atoms with Crippen LogP contribution in [0.2, 0.25) is 0 Å². The number of aliphatic carboxylic acids is 6. The van der Waals surface area contributed by atoms with E-state index in [0.717, 1.165) is 65.1 Å². The van der Waals surface area contributed by atoms with Crippen LogP contribution in [-0.2, 0) is 114 Å². The quantitative estimate of drug-likeness (QED) is 0.0259. The maximum absolute atomic E-state index is 12.4. The van der Waals surface area contributed by atoms with E-state index in [1.807, 2.05) is 0 Å². The van der Waals surface area contributed by atoms with Gasteiger partial charge in [-0.3, -0.25) is 28.8 Å². The normalized spacial score (nSPS) is 34.8. The van der Waals surface area contributed by atoms with Gasteiger partial charge < -0.3 is 209 Å². The summed E-state index contributed by atoms with van der Waals surface area (Å²) < 4.78 is 74.8. The van der Waals surface area contributed by atoms with Crippen molar-refractivity contribution in [2.75, 3.05) is 75.6 Å². The summed E-state index contributed by atoms with van der Waals surface area (Å²) >= 11 is 4.21. The molecule has 130 heavy (non-hydrogen) atoms. The molecule has 20 heterocycles. The van der Waals surface area contributed by atoms with Crippen molar-refractivity contribution in [2.45, 2.75) is 275 Å². The Morgan fingerprint density at radius 1 is 0.262 bits per heavy atom. The Morgan fingerprint density at radius 2 is 0.438 bits per heavy atom. The van der Waals surface area contributed by atoms with Crippen LogP contribution >= 0.6 is 70.6 Å². The van der Waals surface area contributed by atoms with E-state index in [-0.39, 0.29) is 209 Å². The van der Waals surface area contributed by atoms with Crippen molar-refractivity contribution in [1.29, 1.82) is 0 Å². The van der Waals surface area contributed by atoms with E-state index < -0.39 is 355 Å². The molecule has 708 valence electrons. The average molecular weight is 2030 g/mol. The van der Waals surface area contributed by atoms with E-state index in [9.17, 15) is 149 Å². The second-order valence-electron chi connectivity index (χ2n) is 29.8. The number of thioether (sulfide) groups is 6. The minimum Gasteiger partial charge on any atom is -0.548 e. The maximum Gasteiger partial charge on any atom is 1.00 e. The summed E-state index contributed by atoms with van der Waals surface area (Å²) in [6.45, 7) is 5.59. The number of rotatable bonds is 36. The van der Waals surface area contributed by atoms with E-state index >= 15 is 0 Å². The minimum absolute atomic E-state index is 0. The molecule has 20 fully saturated rings. The van der Waals surface area contributed by atoms with E-state index in [2.05, 4.69) is 31.9 Å². The molecule has 6 amide bonds. The standard InChI is InChI=1S/C70H110N6O42S6.6Na/c1-23(77)71-30(59(95)96)11-119-17-36-29-9-7-8-10-107-65-49(90)43(84)54(37(109-65)18-120-12-31(60(97)98)72-24(2)78)115-67-51(92)45(86)56(39(111-67)20-122-14-33(62(101)102)74-26(4)80)117-69-53(94)47(88)58(41(113-69)22-124-16-35(64(105)106)76-28(6)82)118-70-52(93)46(87)57(40(112-70)21-123-15-34(63(103)104)75-27(5)81)116-68-50(91)44(85)55(114-66(108-36)48(89)42(29)83)38(110-68)19-121-13-32(61(99)100)73-25(3)79;;;;;;/h29-58,65-70,83-94H,7-22H2,1-6H3,(H,71,77)(H,72,78)(H,73,79)(H,74,80)(H,75,81)(H,76,82)(H,95,96)(H,97,98)(H,99,100)(H,101,102)(H,103,104)(H,105,106);;;;;;/q;6*+1/p-6/t29?,30-,31-,32-,33-,34-,35-,36?,37?,38?,39?,40?,41?,42?,43?,44?,45?,46?,47?,48?,49?,50?,51?,52?,53?,54?,55?,56?,57?,58?,65?,66?,67?,68?,69?,70?;;;;;;/m1....../s1. The number of carboxylic acids is 6. The first kappa shape index (κ1) is 129. The summed E-state index contributed by atoms with van der Waals surface area (Å²) in [7, 11) is 0. The predicted molar refractivity (Wildman–Crippen MR) is 411 cm³/mol. The Morgan fingerprint density at radius 3 is 0.638 bits per heavy atom. The van der Waals surface area contributed by atoms with Crippen LogP contribution < -0.4 is 240 Å². The van der Waals surface area contributed by atoms with Crippen molar-refractivity contribution in [1.82, 2.24) is 31.9 Å². The number of carbonyl (C=O) groups excluding carboxylic acids is 12. The molecule has 20 aliphatic rings. The van der Waals surface area contributed by atoms with Crippen molar-refractivity contribution >= 4 is 142 Å². The first-order valence-electron chi connectivity index (χ1n) is 38.7. The van der Waals surface area contributed by atoms with Crippen LogP contribution in [-0.4, -0.2) is 423 Å². The van der Waals surface area contributed by atoms with E-state index in [1.165, 1.54) is 0 Å². The fourth-order valence-corrected chi connectivity index (χ4v) is 20.6. The molecule has 0 saturated carbocycles. The second kappa shape index (κ2) is 63.0. The van der Waals surface area contributed by atoms with Crippen molar-refractivity contribution in [3.63, 3.8) is 0 Å². The zero-order valence-corrected chi connectivity index (χ0v) is 90.1. The molecule has 60 heteroatoms. The third-order valence-corrected chi connectivity index (χ3v) is 26.9. The van der Waals surface area contributed by atoms with Gasteiger partial charge in [-0.15, -0.1) is 0 Å². The molecule has 18 N–H and O–H groups in total. The Balaban J connectivity index is 0.0000141. The second-order valence-corrected chi connectivity index (χ2v) is 36.3. The summed E-state index contributed by atoms with van der Waals surface area (Å²) in [5, 5.41) is 233. The predicted octanol–water partition coefficient (Wildman–Crippen LogP) is -35.6. The molecule has 12 bridgehead atoms. The molecule has 20 aliphatic heterocycles. The maximum atomic E-state index is 12.4. The van der Waals surface area contributed by atoms with Gasteiger partial charge in [0.05, 0.1) is 115 Å². The molecular formula is C70H104N6Na6O42S6. The summed E-state index contributed by atoms with van der Waals surface area (Å²) in [4.78, 5) is 146. The SMILES string of the molecule is CC(=O)N[C@H](CSCC1OC2OC3C(CSC[C@@H](NC(C)=O)C(=O)[O-])OC(OC4C(CSC[C@@H](NC(C)=O)C(=O)[O-])OC(OC5C(CSC[C@@H](NC(C)=O)C(=O)[O-])OC(OC6C(CSC[C@@H](NC(C)=O)C(=O)[O-])OC(OC7C(CSC[C@@H](NC(C)=O)C(=O)[O-])OC(OCCCCC1C(O)C2O)C(O)C7O)C(O)C6O)C(O)C5O)C(O)C4O)C(O)C3O)C(=O)[O-].[Na+].[Na+].[Na+].[Na+].[Na+].[Na+]. The van der Waals surface area contributed by atoms with Crippen LogP contribution in [0.15, 0.2) is 0 Å². The Labute approximate surface area is 903 Å². The smallest absolute Gasteiger partial charge is 0.548 e. The van der Waals surface area contributed by atoms with Gasteiger partial charge in [-0.05, 0) is 12.8 Å². The van der Waals surface area contributed by atoms with Crippen molar-refractivity contribution in [2.24, 2.45) is 5.92 Å². The van der Waals surface area contributed by atoms with E-state index in [1.54, 1.807) is 0 Å². The van der Waals surface area contributed by atoms with E-state index in [0.29, 0.717) is 47.0 Å².